The van der Waals surface area contributed by atoms with E-state index in [1.165, 1.54) is 7.11 Å². The Labute approximate surface area is 217 Å². The molecule has 1 aromatic carbocycles. The van der Waals surface area contributed by atoms with Gasteiger partial charge < -0.3 is 14.5 Å². The molecule has 0 bridgehead atoms. The summed E-state index contributed by atoms with van der Waals surface area (Å²) in [6.07, 6.45) is 1.81. The first-order chi connectivity index (χ1) is 17.7. The van der Waals surface area contributed by atoms with E-state index in [1.807, 2.05) is 45.3 Å². The number of nitrogens with one attached hydrogen (secondary N) is 1. The number of carbonyl (C=O) groups is 1. The lowest BCUT2D eigenvalue weighted by atomic mass is 9.99. The third-order valence-corrected chi connectivity index (χ3v) is 6.39. The van der Waals surface area contributed by atoms with Gasteiger partial charge in [0.1, 0.15) is 27.5 Å². The van der Waals surface area contributed by atoms with Crippen molar-refractivity contribution in [3.8, 4) is 11.5 Å². The van der Waals surface area contributed by atoms with Crippen molar-refractivity contribution in [1.29, 1.82) is 0 Å². The van der Waals surface area contributed by atoms with Gasteiger partial charge in [0.2, 0.25) is 0 Å². The van der Waals surface area contributed by atoms with Crippen LogP contribution in [0.2, 0.25) is 5.15 Å². The zero-order valence-corrected chi connectivity index (χ0v) is 21.7. The predicted octanol–water partition coefficient (Wildman–Crippen LogP) is 5.37. The minimum Gasteiger partial charge on any atom is -0.464 e. The quantitative estimate of drug-likeness (QED) is 0.245. The van der Waals surface area contributed by atoms with Gasteiger partial charge in [-0.2, -0.15) is 5.10 Å². The monoisotopic (exact) mass is 517 g/mol. The van der Waals surface area contributed by atoms with Crippen LogP contribution in [0, 0.1) is 13.8 Å². The number of rotatable bonds is 5. The number of anilines is 1. The number of ether oxygens (including phenoxy) is 1. The van der Waals surface area contributed by atoms with Crippen molar-refractivity contribution in [2.24, 2.45) is 7.05 Å². The molecule has 5 rings (SSSR count). The minimum atomic E-state index is -0.618. The van der Waals surface area contributed by atoms with Crippen LogP contribution in [0.25, 0.3) is 33.5 Å². The number of halogens is 1. The highest BCUT2D eigenvalue weighted by Crippen LogP contribution is 2.32. The number of fused-ring (bicyclic) bond motifs is 2. The van der Waals surface area contributed by atoms with Gasteiger partial charge in [0.05, 0.1) is 30.4 Å². The van der Waals surface area contributed by atoms with E-state index in [-0.39, 0.29) is 22.3 Å². The highest BCUT2D eigenvalue weighted by atomic mass is 35.5. The Kier molecular flexibility index (Phi) is 6.16. The van der Waals surface area contributed by atoms with Gasteiger partial charge in [-0.1, -0.05) is 17.7 Å². The van der Waals surface area contributed by atoms with E-state index < -0.39 is 5.97 Å². The Bertz CT molecular complexity index is 1760. The molecule has 0 saturated carbocycles. The first-order valence-electron chi connectivity index (χ1n) is 11.6. The van der Waals surface area contributed by atoms with Gasteiger partial charge in [0, 0.05) is 18.2 Å². The Morgan fingerprint density at radius 1 is 1.14 bits per heavy atom. The molecule has 0 aliphatic heterocycles. The van der Waals surface area contributed by atoms with Crippen LogP contribution >= 0.6 is 11.6 Å². The summed E-state index contributed by atoms with van der Waals surface area (Å²) in [6, 6.07) is 10.3. The van der Waals surface area contributed by atoms with Crippen molar-refractivity contribution in [3.63, 3.8) is 0 Å². The van der Waals surface area contributed by atoms with Gasteiger partial charge in [0.15, 0.2) is 16.9 Å². The Morgan fingerprint density at radius 2 is 1.92 bits per heavy atom. The number of hydrogen-bond donors (Lipinski definition) is 1. The molecular formula is C27H24ClN5O4. The topological polar surface area (TPSA) is 112 Å². The fourth-order valence-corrected chi connectivity index (χ4v) is 4.55. The highest BCUT2D eigenvalue weighted by Gasteiger charge is 2.22. The van der Waals surface area contributed by atoms with E-state index in [4.69, 9.17) is 20.8 Å². The number of pyridine rings is 2. The second-order valence-corrected chi connectivity index (χ2v) is 9.29. The van der Waals surface area contributed by atoms with E-state index >= 15 is 0 Å². The molecule has 1 N–H and O–H groups in total. The predicted molar refractivity (Wildman–Crippen MR) is 142 cm³/mol. The summed E-state index contributed by atoms with van der Waals surface area (Å²) in [6.45, 7) is 5.56. The van der Waals surface area contributed by atoms with Crippen LogP contribution in [0.3, 0.4) is 0 Å². The van der Waals surface area contributed by atoms with E-state index in [9.17, 15) is 9.59 Å². The van der Waals surface area contributed by atoms with E-state index in [1.54, 1.807) is 29.8 Å². The van der Waals surface area contributed by atoms with Gasteiger partial charge in [-0.3, -0.25) is 9.48 Å². The number of aryl methyl sites for hydroxylation is 2. The Balaban J connectivity index is 1.66. The second kappa shape index (κ2) is 9.33. The van der Waals surface area contributed by atoms with Crippen LogP contribution in [-0.4, -0.2) is 32.8 Å². The SMILES string of the molecule is COC(=O)c1nc(Cl)ccc1N[C@H](C)c1cc(C)cc2c(=O)c(C)c(-c3ccc4nn(C)cc4n3)oc12. The van der Waals surface area contributed by atoms with E-state index in [0.29, 0.717) is 39.2 Å². The minimum absolute atomic E-state index is 0.0609. The van der Waals surface area contributed by atoms with Crippen LogP contribution in [-0.2, 0) is 11.8 Å². The molecule has 9 nitrogen and oxygen atoms in total. The summed E-state index contributed by atoms with van der Waals surface area (Å²) < 4.78 is 13.0. The summed E-state index contributed by atoms with van der Waals surface area (Å²) >= 11 is 6.01. The first kappa shape index (κ1) is 24.5. The Hall–Kier alpha value is -4.24. The van der Waals surface area contributed by atoms with E-state index in [0.717, 1.165) is 16.6 Å². The molecule has 0 aliphatic carbocycles. The maximum absolute atomic E-state index is 13.5. The third-order valence-electron chi connectivity index (χ3n) is 6.18. The number of esters is 1. The lowest BCUT2D eigenvalue weighted by Gasteiger charge is -2.20. The summed E-state index contributed by atoms with van der Waals surface area (Å²) in [7, 11) is 3.11. The molecule has 0 radical (unpaired) electrons. The molecule has 1 atom stereocenters. The standard InChI is InChI=1S/C27H24ClN5O4/c1-13-10-16(15(3)29-19-8-9-22(28)31-23(19)27(35)36-5)26-17(11-13)24(34)14(2)25(37-26)20-7-6-18-21(30-20)12-33(4)32-18/h6-12,15,29H,1-5H3/t15-/m1/s1. The van der Waals surface area contributed by atoms with E-state index in [2.05, 4.69) is 20.4 Å². The molecule has 188 valence electrons. The van der Waals surface area contributed by atoms with Crippen LogP contribution in [0.5, 0.6) is 0 Å². The van der Waals surface area contributed by atoms with Crippen molar-refractivity contribution in [2.45, 2.75) is 26.8 Å². The molecule has 4 aromatic heterocycles. The summed E-state index contributed by atoms with van der Waals surface area (Å²) in [5.41, 5.74) is 4.90. The van der Waals surface area contributed by atoms with Crippen LogP contribution in [0.15, 0.2) is 51.8 Å². The number of nitrogens with zero attached hydrogens (tertiary/aromatic N) is 4. The average Bonchev–Trinajstić information content (AvgIpc) is 3.25. The van der Waals surface area contributed by atoms with Crippen LogP contribution < -0.4 is 10.7 Å². The average molecular weight is 518 g/mol. The van der Waals surface area contributed by atoms with Crippen molar-refractivity contribution in [1.82, 2.24) is 19.7 Å². The molecule has 0 spiro atoms. The first-order valence-corrected chi connectivity index (χ1v) is 11.9. The maximum Gasteiger partial charge on any atom is 0.358 e. The smallest absolute Gasteiger partial charge is 0.358 e. The van der Waals surface area contributed by atoms with Crippen molar-refractivity contribution >= 4 is 45.3 Å². The number of carbonyl (C=O) groups excluding carboxylic acids is 1. The van der Waals surface area contributed by atoms with Crippen LogP contribution in [0.4, 0.5) is 5.69 Å². The van der Waals surface area contributed by atoms with Gasteiger partial charge >= 0.3 is 5.97 Å². The molecule has 4 heterocycles. The summed E-state index contributed by atoms with van der Waals surface area (Å²) in [4.78, 5) is 34.6. The lowest BCUT2D eigenvalue weighted by Crippen LogP contribution is -2.15. The molecule has 0 amide bonds. The van der Waals surface area contributed by atoms with Gasteiger partial charge in [-0.25, -0.2) is 14.8 Å². The number of benzene rings is 1. The lowest BCUT2D eigenvalue weighted by molar-refractivity contribution is 0.0595. The molecule has 0 fully saturated rings. The fourth-order valence-electron chi connectivity index (χ4n) is 4.40. The zero-order chi connectivity index (χ0) is 26.4. The Morgan fingerprint density at radius 3 is 2.68 bits per heavy atom. The molecular weight excluding hydrogens is 494 g/mol. The van der Waals surface area contributed by atoms with Crippen molar-refractivity contribution in [3.05, 3.63) is 80.4 Å². The molecule has 37 heavy (non-hydrogen) atoms. The van der Waals surface area contributed by atoms with Gasteiger partial charge in [0.25, 0.3) is 0 Å². The molecule has 0 aliphatic rings. The number of aromatic nitrogens is 4. The summed E-state index contributed by atoms with van der Waals surface area (Å²) in [5.74, 6) is -0.225. The third kappa shape index (κ3) is 4.42. The number of methoxy groups -OCH3 is 1. The molecule has 10 heteroatoms. The molecule has 0 saturated heterocycles. The van der Waals surface area contributed by atoms with Crippen molar-refractivity contribution in [2.75, 3.05) is 12.4 Å². The van der Waals surface area contributed by atoms with Crippen molar-refractivity contribution < 1.29 is 13.9 Å². The second-order valence-electron chi connectivity index (χ2n) is 8.91. The molecule has 5 aromatic rings. The fraction of sp³-hybridized carbons (Fsp3) is 0.222. The molecule has 0 unspecified atom stereocenters. The normalized spacial score (nSPS) is 12.2. The zero-order valence-electron chi connectivity index (χ0n) is 20.9. The highest BCUT2D eigenvalue weighted by molar-refractivity contribution is 6.29. The maximum atomic E-state index is 13.5. The number of hydrogen-bond acceptors (Lipinski definition) is 8. The van der Waals surface area contributed by atoms with Crippen LogP contribution in [0.1, 0.15) is 40.1 Å². The summed E-state index contributed by atoms with van der Waals surface area (Å²) in [5, 5.41) is 8.30. The largest absolute Gasteiger partial charge is 0.464 e. The van der Waals surface area contributed by atoms with Gasteiger partial charge in [-0.15, -0.1) is 0 Å². The van der Waals surface area contributed by atoms with Gasteiger partial charge in [-0.05, 0) is 56.7 Å².